The molecule has 0 radical (unpaired) electrons. The van der Waals surface area contributed by atoms with Gasteiger partial charge in [-0.2, -0.15) is 0 Å². The number of hydrogen-bond donors (Lipinski definition) is 1. The van der Waals surface area contributed by atoms with Gasteiger partial charge in [-0.3, -0.25) is 4.79 Å². The van der Waals surface area contributed by atoms with Crippen molar-refractivity contribution >= 4 is 5.91 Å². The molecule has 0 saturated carbocycles. The van der Waals surface area contributed by atoms with E-state index in [-0.39, 0.29) is 24.7 Å². The van der Waals surface area contributed by atoms with E-state index in [1.165, 1.54) is 5.56 Å². The molecule has 1 amide bonds. The lowest BCUT2D eigenvalue weighted by Gasteiger charge is -2.38. The summed E-state index contributed by atoms with van der Waals surface area (Å²) in [6.07, 6.45) is 3.42. The smallest absolute Gasteiger partial charge is 0.252 e. The third-order valence-corrected chi connectivity index (χ3v) is 4.32. The fraction of sp³-hybridized carbons (Fsp3) is 0.562. The summed E-state index contributed by atoms with van der Waals surface area (Å²) in [4.78, 5) is 14.4. The third-order valence-electron chi connectivity index (χ3n) is 4.32. The van der Waals surface area contributed by atoms with Crippen LogP contribution in [-0.2, 0) is 16.0 Å². The van der Waals surface area contributed by atoms with E-state index >= 15 is 0 Å². The first kappa shape index (κ1) is 13.6. The van der Waals surface area contributed by atoms with Crippen LogP contribution in [0.4, 0.5) is 0 Å². The highest BCUT2D eigenvalue weighted by Gasteiger charge is 2.34. The summed E-state index contributed by atoms with van der Waals surface area (Å²) in [6, 6.07) is 7.84. The number of aliphatic hydroxyl groups is 1. The molecule has 4 nitrogen and oxygen atoms in total. The third kappa shape index (κ3) is 2.45. The Morgan fingerprint density at radius 3 is 2.95 bits per heavy atom. The van der Waals surface area contributed by atoms with Gasteiger partial charge in [0.05, 0.1) is 12.6 Å². The molecule has 2 aliphatic heterocycles. The summed E-state index contributed by atoms with van der Waals surface area (Å²) >= 11 is 0. The van der Waals surface area contributed by atoms with Crippen LogP contribution in [0.15, 0.2) is 24.3 Å². The molecule has 4 heteroatoms. The van der Waals surface area contributed by atoms with E-state index in [1.807, 2.05) is 18.2 Å². The minimum atomic E-state index is -0.317. The van der Waals surface area contributed by atoms with Crippen molar-refractivity contribution < 1.29 is 14.6 Å². The molecule has 0 aliphatic carbocycles. The topological polar surface area (TPSA) is 49.8 Å². The fourth-order valence-corrected chi connectivity index (χ4v) is 3.23. The van der Waals surface area contributed by atoms with Crippen LogP contribution < -0.4 is 0 Å². The summed E-state index contributed by atoms with van der Waals surface area (Å²) in [7, 11) is 0. The lowest BCUT2D eigenvalue weighted by atomic mass is 9.92. The van der Waals surface area contributed by atoms with Gasteiger partial charge in [-0.05, 0) is 36.8 Å². The minimum Gasteiger partial charge on any atom is -0.394 e. The molecule has 1 aromatic rings. The average molecular weight is 275 g/mol. The van der Waals surface area contributed by atoms with E-state index in [4.69, 9.17) is 4.74 Å². The number of fused-ring (bicyclic) bond motifs is 1. The van der Waals surface area contributed by atoms with Crippen LogP contribution in [0.3, 0.4) is 0 Å². The van der Waals surface area contributed by atoms with E-state index in [1.54, 1.807) is 4.90 Å². The van der Waals surface area contributed by atoms with Gasteiger partial charge in [-0.25, -0.2) is 0 Å². The van der Waals surface area contributed by atoms with E-state index in [0.717, 1.165) is 31.2 Å². The maximum Gasteiger partial charge on any atom is 0.252 e. The molecule has 0 aromatic heterocycles. The second kappa shape index (κ2) is 5.94. The van der Waals surface area contributed by atoms with Crippen LogP contribution in [0.1, 0.15) is 36.4 Å². The van der Waals surface area contributed by atoms with Crippen LogP contribution in [0, 0.1) is 0 Å². The predicted octanol–water partition coefficient (Wildman–Crippen LogP) is 1.67. The maximum absolute atomic E-state index is 12.6. The second-order valence-electron chi connectivity index (χ2n) is 5.53. The number of amides is 1. The van der Waals surface area contributed by atoms with Gasteiger partial charge in [-0.1, -0.05) is 24.3 Å². The molecule has 20 heavy (non-hydrogen) atoms. The Kier molecular flexibility index (Phi) is 4.03. The highest BCUT2D eigenvalue weighted by atomic mass is 16.5. The second-order valence-corrected chi connectivity index (χ2v) is 5.53. The van der Waals surface area contributed by atoms with Crippen molar-refractivity contribution in [1.82, 2.24) is 4.90 Å². The first-order chi connectivity index (χ1) is 9.81. The van der Waals surface area contributed by atoms with Crippen LogP contribution >= 0.6 is 0 Å². The van der Waals surface area contributed by atoms with Crippen molar-refractivity contribution in [3.63, 3.8) is 0 Å². The monoisotopic (exact) mass is 275 g/mol. The quantitative estimate of drug-likeness (QED) is 0.893. The molecule has 0 bridgehead atoms. The zero-order chi connectivity index (χ0) is 13.9. The summed E-state index contributed by atoms with van der Waals surface area (Å²) in [5.41, 5.74) is 2.31. The summed E-state index contributed by atoms with van der Waals surface area (Å²) < 4.78 is 5.60. The van der Waals surface area contributed by atoms with Crippen molar-refractivity contribution in [1.29, 1.82) is 0 Å². The van der Waals surface area contributed by atoms with Gasteiger partial charge in [0.25, 0.3) is 5.91 Å². The van der Waals surface area contributed by atoms with Gasteiger partial charge in [0.2, 0.25) is 0 Å². The maximum atomic E-state index is 12.6. The number of benzene rings is 1. The molecule has 2 atom stereocenters. The molecular formula is C16H21NO3. The molecular weight excluding hydrogens is 254 g/mol. The Morgan fingerprint density at radius 1 is 1.35 bits per heavy atom. The molecule has 2 heterocycles. The molecule has 108 valence electrons. The number of hydrogen-bond acceptors (Lipinski definition) is 3. The molecule has 1 N–H and O–H groups in total. The summed E-state index contributed by atoms with van der Waals surface area (Å²) in [6.45, 7) is 1.31. The first-order valence-electron chi connectivity index (χ1n) is 7.42. The summed E-state index contributed by atoms with van der Waals surface area (Å²) in [5.74, 6) is 0.0400. The van der Waals surface area contributed by atoms with E-state index in [9.17, 15) is 9.90 Å². The lowest BCUT2D eigenvalue weighted by Crippen LogP contribution is -2.47. The fourth-order valence-electron chi connectivity index (χ4n) is 3.23. The highest BCUT2D eigenvalue weighted by molar-refractivity contribution is 5.82. The van der Waals surface area contributed by atoms with Gasteiger partial charge in [0, 0.05) is 13.2 Å². The standard InChI is InChI=1S/C16H21NO3/c18-11-14-13-6-2-1-5-12(13)8-9-17(14)16(19)15-7-3-4-10-20-15/h1-2,5-6,14-15,18H,3-4,7-11H2/t14-,15-/m1/s1. The number of ether oxygens (including phenoxy) is 1. The number of nitrogens with zero attached hydrogens (tertiary/aromatic N) is 1. The SMILES string of the molecule is O=C([C@H]1CCCCO1)N1CCc2ccccc2[C@H]1CO. The van der Waals surface area contributed by atoms with Crippen molar-refractivity contribution in [2.75, 3.05) is 19.8 Å². The van der Waals surface area contributed by atoms with Crippen LogP contribution in [-0.4, -0.2) is 41.8 Å². The van der Waals surface area contributed by atoms with Crippen molar-refractivity contribution in [2.24, 2.45) is 0 Å². The Morgan fingerprint density at radius 2 is 2.20 bits per heavy atom. The highest BCUT2D eigenvalue weighted by Crippen LogP contribution is 2.30. The average Bonchev–Trinajstić information content (AvgIpc) is 2.54. The number of rotatable bonds is 2. The molecule has 0 spiro atoms. The van der Waals surface area contributed by atoms with Gasteiger partial charge < -0.3 is 14.7 Å². The number of carbonyl (C=O) groups is 1. The van der Waals surface area contributed by atoms with E-state index in [0.29, 0.717) is 13.2 Å². The van der Waals surface area contributed by atoms with Crippen molar-refractivity contribution in [3.05, 3.63) is 35.4 Å². The molecule has 1 aromatic carbocycles. The van der Waals surface area contributed by atoms with Crippen LogP contribution in [0.5, 0.6) is 0 Å². The molecule has 1 saturated heterocycles. The zero-order valence-corrected chi connectivity index (χ0v) is 11.6. The zero-order valence-electron chi connectivity index (χ0n) is 11.6. The molecule has 0 unspecified atom stereocenters. The lowest BCUT2D eigenvalue weighted by molar-refractivity contribution is -0.150. The van der Waals surface area contributed by atoms with Crippen molar-refractivity contribution in [2.45, 2.75) is 37.8 Å². The van der Waals surface area contributed by atoms with Crippen LogP contribution in [0.2, 0.25) is 0 Å². The van der Waals surface area contributed by atoms with Crippen LogP contribution in [0.25, 0.3) is 0 Å². The Balaban J connectivity index is 1.81. The molecule has 2 aliphatic rings. The normalized spacial score (nSPS) is 26.1. The van der Waals surface area contributed by atoms with Gasteiger partial charge in [0.15, 0.2) is 0 Å². The Labute approximate surface area is 119 Å². The predicted molar refractivity (Wildman–Crippen MR) is 75.3 cm³/mol. The number of aliphatic hydroxyl groups excluding tert-OH is 1. The van der Waals surface area contributed by atoms with Gasteiger partial charge >= 0.3 is 0 Å². The Hall–Kier alpha value is -1.39. The molecule has 3 rings (SSSR count). The Bertz CT molecular complexity index is 482. The largest absolute Gasteiger partial charge is 0.394 e. The van der Waals surface area contributed by atoms with Crippen molar-refractivity contribution in [3.8, 4) is 0 Å². The summed E-state index contributed by atoms with van der Waals surface area (Å²) in [5, 5.41) is 9.72. The number of carbonyl (C=O) groups excluding carboxylic acids is 1. The minimum absolute atomic E-state index is 0.0323. The molecule has 1 fully saturated rings. The van der Waals surface area contributed by atoms with Gasteiger partial charge in [-0.15, -0.1) is 0 Å². The first-order valence-corrected chi connectivity index (χ1v) is 7.42. The van der Waals surface area contributed by atoms with Gasteiger partial charge in [0.1, 0.15) is 6.10 Å². The van der Waals surface area contributed by atoms with E-state index in [2.05, 4.69) is 6.07 Å². The van der Waals surface area contributed by atoms with E-state index < -0.39 is 0 Å².